The van der Waals surface area contributed by atoms with Crippen molar-refractivity contribution in [3.8, 4) is 0 Å². The zero-order chi connectivity index (χ0) is 15.9. The van der Waals surface area contributed by atoms with Crippen LogP contribution in [0.4, 0.5) is 5.82 Å². The number of hydrogen-bond acceptors (Lipinski definition) is 6. The first kappa shape index (κ1) is 15.0. The van der Waals surface area contributed by atoms with Gasteiger partial charge < -0.3 is 14.8 Å². The summed E-state index contributed by atoms with van der Waals surface area (Å²) in [7, 11) is 1.81. The molecule has 0 fully saturated rings. The van der Waals surface area contributed by atoms with E-state index >= 15 is 0 Å². The summed E-state index contributed by atoms with van der Waals surface area (Å²) in [6, 6.07) is 3.59. The van der Waals surface area contributed by atoms with Gasteiger partial charge >= 0.3 is 0 Å². The zero-order valence-corrected chi connectivity index (χ0v) is 14.0. The second-order valence-corrected chi connectivity index (χ2v) is 6.12. The monoisotopic (exact) mass is 365 g/mol. The average molecular weight is 366 g/mol. The van der Waals surface area contributed by atoms with Crippen LogP contribution in [0.25, 0.3) is 11.0 Å². The van der Waals surface area contributed by atoms with Crippen LogP contribution in [0.1, 0.15) is 18.4 Å². The minimum absolute atomic E-state index is 0.243. The third kappa shape index (κ3) is 2.59. The number of aliphatic hydroxyl groups is 1. The van der Waals surface area contributed by atoms with Gasteiger partial charge in [0.2, 0.25) is 0 Å². The second kappa shape index (κ2) is 5.36. The normalized spacial score (nSPS) is 14.2. The van der Waals surface area contributed by atoms with Crippen LogP contribution in [0.3, 0.4) is 0 Å². The molecular weight excluding hydrogens is 350 g/mol. The number of anilines is 1. The first-order chi connectivity index (χ1) is 10.4. The minimum Gasteiger partial charge on any atom is -0.463 e. The summed E-state index contributed by atoms with van der Waals surface area (Å²) >= 11 is 3.40. The highest BCUT2D eigenvalue weighted by Crippen LogP contribution is 2.28. The Morgan fingerprint density at radius 3 is 2.86 bits per heavy atom. The van der Waals surface area contributed by atoms with Crippen molar-refractivity contribution in [2.45, 2.75) is 19.4 Å². The van der Waals surface area contributed by atoms with E-state index in [1.165, 1.54) is 6.33 Å². The molecule has 3 aromatic heterocycles. The Morgan fingerprint density at radius 1 is 1.41 bits per heavy atom. The van der Waals surface area contributed by atoms with Crippen LogP contribution < -0.4 is 5.32 Å². The molecule has 0 bridgehead atoms. The van der Waals surface area contributed by atoms with Gasteiger partial charge in [-0.3, -0.25) is 0 Å². The molecule has 3 aromatic rings. The zero-order valence-electron chi connectivity index (χ0n) is 12.5. The molecule has 0 amide bonds. The molecule has 0 saturated carbocycles. The number of aryl methyl sites for hydroxylation is 2. The van der Waals surface area contributed by atoms with Crippen LogP contribution in [-0.2, 0) is 12.6 Å². The van der Waals surface area contributed by atoms with Gasteiger partial charge in [0.1, 0.15) is 33.9 Å². The Morgan fingerprint density at radius 2 is 2.18 bits per heavy atom. The third-order valence-corrected chi connectivity index (χ3v) is 4.00. The van der Waals surface area contributed by atoms with Crippen LogP contribution in [0.5, 0.6) is 0 Å². The standard InChI is InChI=1S/C14H16BrN5O2/c1-8-4-5-9(22-8)14(2,21)6-16-12-10-11(15)19-20(3)13(10)18-7-17-12/h4-5,7,21H,6H2,1-3H3,(H,16,17,18). The predicted octanol–water partition coefficient (Wildman–Crippen LogP) is 2.35. The summed E-state index contributed by atoms with van der Waals surface area (Å²) in [6.45, 7) is 3.77. The van der Waals surface area contributed by atoms with Crippen LogP contribution in [0.15, 0.2) is 27.5 Å². The molecular formula is C14H16BrN5O2. The summed E-state index contributed by atoms with van der Waals surface area (Å²) in [4.78, 5) is 8.44. The van der Waals surface area contributed by atoms with E-state index in [1.807, 2.05) is 20.0 Å². The molecule has 1 unspecified atom stereocenters. The molecule has 0 spiro atoms. The number of hydrogen-bond donors (Lipinski definition) is 2. The Hall–Kier alpha value is -1.93. The van der Waals surface area contributed by atoms with E-state index in [1.54, 1.807) is 17.7 Å². The Bertz CT molecular complexity index is 824. The molecule has 116 valence electrons. The van der Waals surface area contributed by atoms with Crippen molar-refractivity contribution in [2.24, 2.45) is 7.05 Å². The van der Waals surface area contributed by atoms with Gasteiger partial charge in [-0.2, -0.15) is 5.10 Å². The number of furan rings is 1. The van der Waals surface area contributed by atoms with Crippen LogP contribution in [0, 0.1) is 6.92 Å². The van der Waals surface area contributed by atoms with Crippen molar-refractivity contribution in [1.82, 2.24) is 19.7 Å². The molecule has 0 aliphatic carbocycles. The van der Waals surface area contributed by atoms with Crippen molar-refractivity contribution in [3.63, 3.8) is 0 Å². The Labute approximate surface area is 135 Å². The van der Waals surface area contributed by atoms with Gasteiger partial charge in [-0.05, 0) is 41.9 Å². The third-order valence-electron chi connectivity index (χ3n) is 3.45. The van der Waals surface area contributed by atoms with Gasteiger partial charge in [0.25, 0.3) is 0 Å². The molecule has 0 aromatic carbocycles. The summed E-state index contributed by atoms with van der Waals surface area (Å²) in [5.41, 5.74) is -0.446. The molecule has 0 saturated heterocycles. The Kier molecular flexibility index (Phi) is 3.65. The second-order valence-electron chi connectivity index (χ2n) is 5.37. The van der Waals surface area contributed by atoms with E-state index in [2.05, 4.69) is 36.3 Å². The lowest BCUT2D eigenvalue weighted by Crippen LogP contribution is -2.30. The van der Waals surface area contributed by atoms with E-state index in [0.717, 1.165) is 11.1 Å². The molecule has 0 radical (unpaired) electrons. The van der Waals surface area contributed by atoms with Gasteiger partial charge in [0, 0.05) is 7.05 Å². The molecule has 3 heterocycles. The van der Waals surface area contributed by atoms with Crippen LogP contribution >= 0.6 is 15.9 Å². The largest absolute Gasteiger partial charge is 0.463 e. The maximum absolute atomic E-state index is 10.6. The van der Waals surface area contributed by atoms with Gasteiger partial charge in [-0.1, -0.05) is 0 Å². The van der Waals surface area contributed by atoms with Crippen molar-refractivity contribution in [3.05, 3.63) is 34.6 Å². The lowest BCUT2D eigenvalue weighted by Gasteiger charge is -2.21. The molecule has 7 nitrogen and oxygen atoms in total. The first-order valence-electron chi connectivity index (χ1n) is 6.75. The summed E-state index contributed by atoms with van der Waals surface area (Å²) < 4.78 is 7.82. The number of rotatable bonds is 4. The van der Waals surface area contributed by atoms with Gasteiger partial charge in [0.15, 0.2) is 5.65 Å². The number of nitrogens with zero attached hydrogens (tertiary/aromatic N) is 4. The summed E-state index contributed by atoms with van der Waals surface area (Å²) in [6.07, 6.45) is 1.46. The first-order valence-corrected chi connectivity index (χ1v) is 7.54. The smallest absolute Gasteiger partial charge is 0.164 e. The minimum atomic E-state index is -1.15. The lowest BCUT2D eigenvalue weighted by molar-refractivity contribution is 0.0467. The highest BCUT2D eigenvalue weighted by atomic mass is 79.9. The fourth-order valence-electron chi connectivity index (χ4n) is 2.24. The molecule has 3 rings (SSSR count). The maximum Gasteiger partial charge on any atom is 0.164 e. The maximum atomic E-state index is 10.6. The molecule has 0 aliphatic heterocycles. The van der Waals surface area contributed by atoms with Gasteiger partial charge in [0.05, 0.1) is 11.9 Å². The van der Waals surface area contributed by atoms with Crippen molar-refractivity contribution >= 4 is 32.8 Å². The summed E-state index contributed by atoms with van der Waals surface area (Å²) in [5, 5.41) is 18.8. The van der Waals surface area contributed by atoms with Crippen molar-refractivity contribution < 1.29 is 9.52 Å². The average Bonchev–Trinajstić information content (AvgIpc) is 3.02. The topological polar surface area (TPSA) is 89.0 Å². The highest BCUT2D eigenvalue weighted by Gasteiger charge is 2.27. The van der Waals surface area contributed by atoms with Gasteiger partial charge in [-0.15, -0.1) is 0 Å². The molecule has 8 heteroatoms. The van der Waals surface area contributed by atoms with E-state index in [0.29, 0.717) is 21.8 Å². The molecule has 0 aliphatic rings. The van der Waals surface area contributed by atoms with Crippen molar-refractivity contribution in [2.75, 3.05) is 11.9 Å². The number of halogens is 1. The number of nitrogens with one attached hydrogen (secondary N) is 1. The van der Waals surface area contributed by atoms with Crippen molar-refractivity contribution in [1.29, 1.82) is 0 Å². The van der Waals surface area contributed by atoms with Crippen LogP contribution in [0.2, 0.25) is 0 Å². The van der Waals surface area contributed by atoms with Crippen LogP contribution in [-0.4, -0.2) is 31.4 Å². The molecule has 22 heavy (non-hydrogen) atoms. The van der Waals surface area contributed by atoms with Gasteiger partial charge in [-0.25, -0.2) is 14.6 Å². The quantitative estimate of drug-likeness (QED) is 0.737. The van der Waals surface area contributed by atoms with E-state index in [4.69, 9.17) is 4.42 Å². The molecule has 1 atom stereocenters. The highest BCUT2D eigenvalue weighted by molar-refractivity contribution is 9.10. The SMILES string of the molecule is Cc1ccc(C(C)(O)CNc2ncnc3c2c(Br)nn3C)o1. The fraction of sp³-hybridized carbons (Fsp3) is 0.357. The Balaban J connectivity index is 1.88. The fourth-order valence-corrected chi connectivity index (χ4v) is 2.84. The van der Waals surface area contributed by atoms with E-state index in [-0.39, 0.29) is 6.54 Å². The summed E-state index contributed by atoms with van der Waals surface area (Å²) in [5.74, 6) is 1.87. The number of fused-ring (bicyclic) bond motifs is 1. The molecule has 2 N–H and O–H groups in total. The number of aromatic nitrogens is 4. The van der Waals surface area contributed by atoms with E-state index < -0.39 is 5.60 Å². The lowest BCUT2D eigenvalue weighted by atomic mass is 10.0. The van der Waals surface area contributed by atoms with E-state index in [9.17, 15) is 5.11 Å². The predicted molar refractivity (Wildman–Crippen MR) is 85.5 cm³/mol.